The fourth-order valence-corrected chi connectivity index (χ4v) is 4.67. The Balaban J connectivity index is 1.62. The molecule has 1 saturated heterocycles. The highest BCUT2D eigenvalue weighted by Crippen LogP contribution is 2.29. The van der Waals surface area contributed by atoms with Crippen LogP contribution in [0.1, 0.15) is 58.5 Å². The molecule has 4 rings (SSSR count). The Bertz CT molecular complexity index is 1080. The fourth-order valence-electron chi connectivity index (χ4n) is 3.98. The van der Waals surface area contributed by atoms with Gasteiger partial charge in [0.15, 0.2) is 0 Å². The van der Waals surface area contributed by atoms with E-state index in [1.807, 2.05) is 41.5 Å². The summed E-state index contributed by atoms with van der Waals surface area (Å²) in [7, 11) is 0. The molecule has 1 unspecified atom stereocenters. The molecule has 5 nitrogen and oxygen atoms in total. The lowest BCUT2D eigenvalue weighted by Crippen LogP contribution is -2.49. The number of aromatic nitrogens is 2. The number of anilines is 1. The van der Waals surface area contributed by atoms with Gasteiger partial charge in [-0.1, -0.05) is 38.1 Å². The van der Waals surface area contributed by atoms with E-state index in [1.165, 1.54) is 17.4 Å². The summed E-state index contributed by atoms with van der Waals surface area (Å²) in [5.41, 5.74) is 2.49. The maximum absolute atomic E-state index is 14.4. The number of hydrogen-bond acceptors (Lipinski definition) is 5. The van der Waals surface area contributed by atoms with E-state index in [0.29, 0.717) is 38.2 Å². The second-order valence-electron chi connectivity index (χ2n) is 8.30. The maximum Gasteiger partial charge on any atom is 0.264 e. The van der Waals surface area contributed by atoms with Crippen LogP contribution >= 0.6 is 11.3 Å². The van der Waals surface area contributed by atoms with Crippen molar-refractivity contribution in [2.24, 2.45) is 0 Å². The Kier molecular flexibility index (Phi) is 6.84. The Morgan fingerprint density at radius 3 is 2.53 bits per heavy atom. The van der Waals surface area contributed by atoms with Crippen molar-refractivity contribution in [1.29, 1.82) is 0 Å². The van der Waals surface area contributed by atoms with E-state index < -0.39 is 0 Å². The summed E-state index contributed by atoms with van der Waals surface area (Å²) in [4.78, 5) is 27.4. The normalized spacial score (nSPS) is 15.1. The lowest BCUT2D eigenvalue weighted by molar-refractivity contribution is 0.0751. The third-order valence-corrected chi connectivity index (χ3v) is 7.04. The van der Waals surface area contributed by atoms with Gasteiger partial charge >= 0.3 is 0 Å². The average molecular weight is 453 g/mol. The van der Waals surface area contributed by atoms with Crippen molar-refractivity contribution in [3.63, 3.8) is 0 Å². The number of carbonyl (C=O) groups excluding carboxylic acids is 1. The highest BCUT2D eigenvalue weighted by atomic mass is 32.1. The lowest BCUT2D eigenvalue weighted by Gasteiger charge is -2.36. The van der Waals surface area contributed by atoms with E-state index in [0.717, 1.165) is 34.2 Å². The van der Waals surface area contributed by atoms with Gasteiger partial charge in [-0.15, -0.1) is 11.3 Å². The first-order valence-corrected chi connectivity index (χ1v) is 12.0. The molecule has 3 aromatic rings. The molecule has 0 aliphatic carbocycles. The van der Waals surface area contributed by atoms with Crippen molar-refractivity contribution >= 4 is 23.1 Å². The van der Waals surface area contributed by atoms with Crippen LogP contribution in [0.5, 0.6) is 0 Å². The number of piperazine rings is 1. The SMILES string of the molecule is CCC(C)c1nc(C)c(Cc2ccccc2F)c(N2CCN(C(=O)c3cccs3)CC2)n1. The van der Waals surface area contributed by atoms with Crippen LogP contribution in [0.3, 0.4) is 0 Å². The number of thiophene rings is 1. The summed E-state index contributed by atoms with van der Waals surface area (Å²) >= 11 is 1.48. The summed E-state index contributed by atoms with van der Waals surface area (Å²) in [6.45, 7) is 8.91. The number of nitrogens with zero attached hydrogens (tertiary/aromatic N) is 4. The third kappa shape index (κ3) is 4.67. The standard InChI is InChI=1S/C25H29FN4OS/c1-4-17(2)23-27-18(3)20(16-19-8-5-6-9-21(19)26)24(28-23)29-11-13-30(14-12-29)25(31)22-10-7-15-32-22/h5-10,15,17H,4,11-14,16H2,1-3H3. The minimum absolute atomic E-state index is 0.0883. The summed E-state index contributed by atoms with van der Waals surface area (Å²) in [5.74, 6) is 1.82. The topological polar surface area (TPSA) is 49.3 Å². The predicted molar refractivity (Wildman–Crippen MR) is 127 cm³/mol. The van der Waals surface area contributed by atoms with Gasteiger partial charge in [-0.25, -0.2) is 14.4 Å². The second kappa shape index (κ2) is 9.77. The van der Waals surface area contributed by atoms with Crippen LogP contribution in [0.15, 0.2) is 41.8 Å². The predicted octanol–water partition coefficient (Wildman–Crippen LogP) is 5.05. The molecule has 1 aromatic carbocycles. The van der Waals surface area contributed by atoms with E-state index in [1.54, 1.807) is 6.07 Å². The Morgan fingerprint density at radius 2 is 1.88 bits per heavy atom. The molecule has 1 amide bonds. The molecule has 0 saturated carbocycles. The quantitative estimate of drug-likeness (QED) is 0.525. The van der Waals surface area contributed by atoms with Crippen molar-refractivity contribution in [1.82, 2.24) is 14.9 Å². The number of hydrogen-bond donors (Lipinski definition) is 0. The number of aryl methyl sites for hydroxylation is 1. The van der Waals surface area contributed by atoms with Crippen LogP contribution in [0.25, 0.3) is 0 Å². The van der Waals surface area contributed by atoms with E-state index in [2.05, 4.69) is 18.7 Å². The van der Waals surface area contributed by atoms with E-state index in [-0.39, 0.29) is 17.6 Å². The lowest BCUT2D eigenvalue weighted by atomic mass is 10.0. The van der Waals surface area contributed by atoms with Crippen molar-refractivity contribution < 1.29 is 9.18 Å². The Morgan fingerprint density at radius 1 is 1.12 bits per heavy atom. The number of rotatable bonds is 6. The van der Waals surface area contributed by atoms with Crippen molar-refractivity contribution in [3.8, 4) is 0 Å². The van der Waals surface area contributed by atoms with Crippen LogP contribution < -0.4 is 4.90 Å². The summed E-state index contributed by atoms with van der Waals surface area (Å²) in [5, 5.41) is 1.93. The third-order valence-electron chi connectivity index (χ3n) is 6.19. The smallest absolute Gasteiger partial charge is 0.264 e. The van der Waals surface area contributed by atoms with Crippen molar-refractivity contribution in [2.45, 2.75) is 39.5 Å². The zero-order valence-electron chi connectivity index (χ0n) is 18.8. The van der Waals surface area contributed by atoms with Gasteiger partial charge in [0.25, 0.3) is 5.91 Å². The van der Waals surface area contributed by atoms with Crippen molar-refractivity contribution in [2.75, 3.05) is 31.1 Å². The molecule has 0 spiro atoms. The van der Waals surface area contributed by atoms with Gasteiger partial charge < -0.3 is 9.80 Å². The van der Waals surface area contributed by atoms with E-state index >= 15 is 0 Å². The second-order valence-corrected chi connectivity index (χ2v) is 9.25. The monoisotopic (exact) mass is 452 g/mol. The first kappa shape index (κ1) is 22.4. The van der Waals surface area contributed by atoms with E-state index in [4.69, 9.17) is 9.97 Å². The number of benzene rings is 1. The van der Waals surface area contributed by atoms with Gasteiger partial charge in [0, 0.05) is 49.8 Å². The Labute approximate surface area is 192 Å². The van der Waals surface area contributed by atoms with Gasteiger partial charge in [-0.2, -0.15) is 0 Å². The van der Waals surface area contributed by atoms with Gasteiger partial charge in [-0.3, -0.25) is 4.79 Å². The highest BCUT2D eigenvalue weighted by molar-refractivity contribution is 7.12. The first-order chi connectivity index (χ1) is 15.5. The van der Waals surface area contributed by atoms with Gasteiger partial charge in [0.1, 0.15) is 17.5 Å². The number of amides is 1. The van der Waals surface area contributed by atoms with Crippen LogP contribution in [0.2, 0.25) is 0 Å². The fraction of sp³-hybridized carbons (Fsp3) is 0.400. The molecule has 0 bridgehead atoms. The van der Waals surface area contributed by atoms with Gasteiger partial charge in [0.2, 0.25) is 0 Å². The molecule has 1 atom stereocenters. The molecule has 1 aliphatic rings. The number of carbonyl (C=O) groups is 1. The van der Waals surface area contributed by atoms with Crippen molar-refractivity contribution in [3.05, 3.63) is 75.1 Å². The minimum Gasteiger partial charge on any atom is -0.353 e. The summed E-state index contributed by atoms with van der Waals surface area (Å²) in [6, 6.07) is 10.7. The first-order valence-electron chi connectivity index (χ1n) is 11.2. The molecule has 0 N–H and O–H groups in total. The summed E-state index contributed by atoms with van der Waals surface area (Å²) < 4.78 is 14.4. The average Bonchev–Trinajstić information content (AvgIpc) is 3.35. The van der Waals surface area contributed by atoms with Gasteiger partial charge in [-0.05, 0) is 36.4 Å². The molecule has 3 heterocycles. The number of halogens is 1. The van der Waals surface area contributed by atoms with E-state index in [9.17, 15) is 9.18 Å². The molecular weight excluding hydrogens is 423 g/mol. The van der Waals surface area contributed by atoms with Crippen LogP contribution in [-0.2, 0) is 6.42 Å². The molecule has 1 aliphatic heterocycles. The van der Waals surface area contributed by atoms with Crippen LogP contribution in [0.4, 0.5) is 10.2 Å². The molecule has 0 radical (unpaired) electrons. The van der Waals surface area contributed by atoms with Crippen LogP contribution in [0, 0.1) is 12.7 Å². The molecule has 32 heavy (non-hydrogen) atoms. The summed E-state index contributed by atoms with van der Waals surface area (Å²) in [6.07, 6.45) is 1.40. The van der Waals surface area contributed by atoms with Gasteiger partial charge in [0.05, 0.1) is 4.88 Å². The Hall–Kier alpha value is -2.80. The molecule has 168 valence electrons. The molecule has 1 fully saturated rings. The maximum atomic E-state index is 14.4. The zero-order valence-corrected chi connectivity index (χ0v) is 19.7. The van der Waals surface area contributed by atoms with Crippen LogP contribution in [-0.4, -0.2) is 47.0 Å². The largest absolute Gasteiger partial charge is 0.353 e. The molecule has 7 heteroatoms. The highest BCUT2D eigenvalue weighted by Gasteiger charge is 2.27. The minimum atomic E-state index is -0.213. The molecule has 2 aromatic heterocycles. The molecular formula is C25H29FN4OS. The zero-order chi connectivity index (χ0) is 22.7.